The van der Waals surface area contributed by atoms with Gasteiger partial charge in [0.2, 0.25) is 5.91 Å². The Morgan fingerprint density at radius 1 is 1.38 bits per heavy atom. The predicted molar refractivity (Wildman–Crippen MR) is 90.7 cm³/mol. The van der Waals surface area contributed by atoms with Gasteiger partial charge in [-0.1, -0.05) is 25.8 Å². The first-order chi connectivity index (χ1) is 10.3. The summed E-state index contributed by atoms with van der Waals surface area (Å²) >= 11 is 3.77. The van der Waals surface area contributed by atoms with E-state index in [1.807, 2.05) is 11.8 Å². The molecule has 2 aliphatic heterocycles. The summed E-state index contributed by atoms with van der Waals surface area (Å²) in [5.74, 6) is 2.70. The Morgan fingerprint density at radius 2 is 2.19 bits per heavy atom. The number of nitrogens with zero attached hydrogens (tertiary/aromatic N) is 1. The summed E-state index contributed by atoms with van der Waals surface area (Å²) in [6.07, 6.45) is 5.62. The van der Waals surface area contributed by atoms with E-state index in [2.05, 4.69) is 34.7 Å². The molecule has 3 rings (SSSR count). The lowest BCUT2D eigenvalue weighted by Crippen LogP contribution is -2.42. The van der Waals surface area contributed by atoms with E-state index >= 15 is 0 Å². The lowest BCUT2D eigenvalue weighted by atomic mass is 10.1. The summed E-state index contributed by atoms with van der Waals surface area (Å²) < 4.78 is 0. The number of unbranched alkanes of at least 4 members (excludes halogenated alkanes) is 1. The second kappa shape index (κ2) is 7.16. The molecule has 2 aliphatic rings. The second-order valence-electron chi connectivity index (χ2n) is 5.87. The van der Waals surface area contributed by atoms with Gasteiger partial charge in [-0.05, 0) is 42.2 Å². The summed E-state index contributed by atoms with van der Waals surface area (Å²) in [4.78, 5) is 16.3. The molecule has 1 N–H and O–H groups in total. The molecule has 0 saturated carbocycles. The standard InChI is InChI=1S/C16H24N2OS2/c1-2-3-5-13-16(19)18(12-7-10-20-11-8-12)15(17-13)14-6-4-9-21-14/h4,6,9,12-13,15,17H,2-3,5,7-8,10-11H2,1H3. The Kier molecular flexibility index (Phi) is 5.24. The van der Waals surface area contributed by atoms with Crippen LogP contribution in [0.2, 0.25) is 0 Å². The molecule has 0 aromatic carbocycles. The summed E-state index contributed by atoms with van der Waals surface area (Å²) in [6, 6.07) is 4.68. The molecule has 2 atom stereocenters. The van der Waals surface area contributed by atoms with Gasteiger partial charge >= 0.3 is 0 Å². The number of carbonyl (C=O) groups excluding carboxylic acids is 1. The quantitative estimate of drug-likeness (QED) is 0.897. The van der Waals surface area contributed by atoms with Gasteiger partial charge in [-0.25, -0.2) is 0 Å². The molecule has 2 fully saturated rings. The molecule has 1 amide bonds. The third-order valence-corrected chi connectivity index (χ3v) is 6.41. The van der Waals surface area contributed by atoms with Gasteiger partial charge in [0.1, 0.15) is 6.17 Å². The maximum Gasteiger partial charge on any atom is 0.241 e. The highest BCUT2D eigenvalue weighted by molar-refractivity contribution is 7.99. The average molecular weight is 325 g/mol. The molecule has 0 aliphatic carbocycles. The number of nitrogens with one attached hydrogen (secondary N) is 1. The van der Waals surface area contributed by atoms with Crippen LogP contribution in [0.15, 0.2) is 17.5 Å². The number of thiophene rings is 1. The molecule has 3 heterocycles. The Balaban J connectivity index is 1.79. The molecule has 21 heavy (non-hydrogen) atoms. The first-order valence-corrected chi connectivity index (χ1v) is 10.0. The minimum absolute atomic E-state index is 0.0200. The number of thioether (sulfide) groups is 1. The minimum Gasteiger partial charge on any atom is -0.318 e. The van der Waals surface area contributed by atoms with Crippen molar-refractivity contribution in [1.29, 1.82) is 0 Å². The first kappa shape index (κ1) is 15.4. The zero-order valence-corrected chi connectivity index (χ0v) is 14.2. The van der Waals surface area contributed by atoms with Gasteiger partial charge in [-0.15, -0.1) is 11.3 Å². The fraction of sp³-hybridized carbons (Fsp3) is 0.688. The maximum atomic E-state index is 12.9. The highest BCUT2D eigenvalue weighted by Gasteiger charge is 2.43. The summed E-state index contributed by atoms with van der Waals surface area (Å²) in [6.45, 7) is 2.19. The number of amides is 1. The first-order valence-electron chi connectivity index (χ1n) is 8.00. The zero-order valence-electron chi connectivity index (χ0n) is 12.6. The third kappa shape index (κ3) is 3.30. The van der Waals surface area contributed by atoms with Crippen molar-refractivity contribution in [2.24, 2.45) is 0 Å². The van der Waals surface area contributed by atoms with Gasteiger partial charge in [0, 0.05) is 10.9 Å². The topological polar surface area (TPSA) is 32.3 Å². The Bertz CT molecular complexity index is 457. The van der Waals surface area contributed by atoms with E-state index in [1.165, 1.54) is 16.4 Å². The van der Waals surface area contributed by atoms with Crippen molar-refractivity contribution in [2.75, 3.05) is 11.5 Å². The zero-order chi connectivity index (χ0) is 14.7. The molecule has 0 radical (unpaired) electrons. The fourth-order valence-corrected chi connectivity index (χ4v) is 5.15. The lowest BCUT2D eigenvalue weighted by molar-refractivity contribution is -0.132. The molecule has 3 nitrogen and oxygen atoms in total. The molecule has 2 saturated heterocycles. The van der Waals surface area contributed by atoms with E-state index in [4.69, 9.17) is 0 Å². The van der Waals surface area contributed by atoms with Crippen molar-refractivity contribution in [1.82, 2.24) is 10.2 Å². The van der Waals surface area contributed by atoms with Crippen LogP contribution >= 0.6 is 23.1 Å². The molecule has 116 valence electrons. The number of carbonyl (C=O) groups is 1. The monoisotopic (exact) mass is 324 g/mol. The molecule has 2 unspecified atom stereocenters. The van der Waals surface area contributed by atoms with Crippen molar-refractivity contribution < 1.29 is 4.79 Å². The second-order valence-corrected chi connectivity index (χ2v) is 8.07. The fourth-order valence-electron chi connectivity index (χ4n) is 3.28. The highest BCUT2D eigenvalue weighted by Crippen LogP contribution is 2.35. The molecule has 0 bridgehead atoms. The van der Waals surface area contributed by atoms with Gasteiger partial charge in [0.05, 0.1) is 6.04 Å². The average Bonchev–Trinajstić information content (AvgIpc) is 3.14. The van der Waals surface area contributed by atoms with Crippen LogP contribution in [0.4, 0.5) is 0 Å². The Hall–Kier alpha value is -0.520. The van der Waals surface area contributed by atoms with Gasteiger partial charge in [0.25, 0.3) is 0 Å². The van der Waals surface area contributed by atoms with Crippen molar-refractivity contribution in [3.8, 4) is 0 Å². The van der Waals surface area contributed by atoms with Crippen LogP contribution in [0, 0.1) is 0 Å². The minimum atomic E-state index is 0.0200. The largest absolute Gasteiger partial charge is 0.318 e. The smallest absolute Gasteiger partial charge is 0.241 e. The van der Waals surface area contributed by atoms with Gasteiger partial charge in [-0.2, -0.15) is 11.8 Å². The van der Waals surface area contributed by atoms with Crippen molar-refractivity contribution in [3.05, 3.63) is 22.4 Å². The molecule has 0 spiro atoms. The number of hydrogen-bond acceptors (Lipinski definition) is 4. The van der Waals surface area contributed by atoms with Crippen molar-refractivity contribution in [3.63, 3.8) is 0 Å². The Labute approximate surface area is 135 Å². The maximum absolute atomic E-state index is 12.9. The SMILES string of the molecule is CCCCC1NC(c2cccs2)N(C2CCSCC2)C1=O. The third-order valence-electron chi connectivity index (χ3n) is 4.43. The molecule has 1 aromatic heterocycles. The van der Waals surface area contributed by atoms with Crippen LogP contribution in [-0.4, -0.2) is 34.4 Å². The summed E-state index contributed by atoms with van der Waals surface area (Å²) in [5.41, 5.74) is 0. The van der Waals surface area contributed by atoms with Gasteiger partial charge in [0.15, 0.2) is 0 Å². The van der Waals surface area contributed by atoms with Crippen LogP contribution in [0.3, 0.4) is 0 Å². The molecule has 5 heteroatoms. The van der Waals surface area contributed by atoms with Crippen LogP contribution < -0.4 is 5.32 Å². The number of hydrogen-bond donors (Lipinski definition) is 1. The van der Waals surface area contributed by atoms with Crippen LogP contribution in [-0.2, 0) is 4.79 Å². The van der Waals surface area contributed by atoms with Crippen molar-refractivity contribution in [2.45, 2.75) is 57.3 Å². The van der Waals surface area contributed by atoms with Gasteiger partial charge in [-0.3, -0.25) is 10.1 Å². The normalized spacial score (nSPS) is 27.5. The molecular weight excluding hydrogens is 300 g/mol. The van der Waals surface area contributed by atoms with E-state index < -0.39 is 0 Å². The van der Waals surface area contributed by atoms with E-state index in [1.54, 1.807) is 11.3 Å². The predicted octanol–water partition coefficient (Wildman–Crippen LogP) is 3.63. The number of rotatable bonds is 5. The Morgan fingerprint density at radius 3 is 2.86 bits per heavy atom. The summed E-state index contributed by atoms with van der Waals surface area (Å²) in [5, 5.41) is 5.71. The van der Waals surface area contributed by atoms with E-state index in [9.17, 15) is 4.79 Å². The molecule has 1 aromatic rings. The van der Waals surface area contributed by atoms with E-state index in [0.717, 1.165) is 32.1 Å². The summed E-state index contributed by atoms with van der Waals surface area (Å²) in [7, 11) is 0. The van der Waals surface area contributed by atoms with E-state index in [-0.39, 0.29) is 12.2 Å². The van der Waals surface area contributed by atoms with Gasteiger partial charge < -0.3 is 4.90 Å². The van der Waals surface area contributed by atoms with E-state index in [0.29, 0.717) is 11.9 Å². The molecular formula is C16H24N2OS2. The lowest BCUT2D eigenvalue weighted by Gasteiger charge is -2.34. The highest BCUT2D eigenvalue weighted by atomic mass is 32.2. The van der Waals surface area contributed by atoms with Crippen LogP contribution in [0.1, 0.15) is 50.1 Å². The van der Waals surface area contributed by atoms with Crippen LogP contribution in [0.5, 0.6) is 0 Å². The van der Waals surface area contributed by atoms with Crippen LogP contribution in [0.25, 0.3) is 0 Å². The van der Waals surface area contributed by atoms with Crippen molar-refractivity contribution >= 4 is 29.0 Å².